The van der Waals surface area contributed by atoms with Gasteiger partial charge in [-0.3, -0.25) is 5.10 Å². The minimum absolute atomic E-state index is 0.528. The van der Waals surface area contributed by atoms with Crippen LogP contribution in [0.4, 0.5) is 0 Å². The van der Waals surface area contributed by atoms with Gasteiger partial charge in [-0.15, -0.1) is 0 Å². The zero-order valence-corrected chi connectivity index (χ0v) is 10.6. The molecule has 3 rings (SSSR count). The summed E-state index contributed by atoms with van der Waals surface area (Å²) in [6, 6.07) is 0. The molecule has 17 heavy (non-hydrogen) atoms. The molecule has 1 aliphatic heterocycles. The average Bonchev–Trinajstić information content (AvgIpc) is 2.98. The molecule has 1 aromatic heterocycles. The third-order valence-electron chi connectivity index (χ3n) is 4.36. The Labute approximate surface area is 103 Å². The molecule has 2 atom stereocenters. The lowest BCUT2D eigenvalue weighted by atomic mass is 9.89. The highest BCUT2D eigenvalue weighted by molar-refractivity contribution is 5.06. The van der Waals surface area contributed by atoms with Crippen LogP contribution in [0.25, 0.3) is 0 Å². The Kier molecular flexibility index (Phi) is 3.14. The molecule has 0 amide bonds. The van der Waals surface area contributed by atoms with E-state index in [0.717, 1.165) is 24.7 Å². The van der Waals surface area contributed by atoms with Crippen molar-refractivity contribution < 1.29 is 0 Å². The van der Waals surface area contributed by atoms with Gasteiger partial charge in [-0.2, -0.15) is 5.10 Å². The largest absolute Gasteiger partial charge is 0.316 e. The average molecular weight is 234 g/mol. The van der Waals surface area contributed by atoms with Gasteiger partial charge in [-0.25, -0.2) is 4.98 Å². The van der Waals surface area contributed by atoms with Gasteiger partial charge in [-0.1, -0.05) is 26.2 Å². The number of aromatic amines is 1. The van der Waals surface area contributed by atoms with Crippen LogP contribution in [-0.2, 0) is 0 Å². The summed E-state index contributed by atoms with van der Waals surface area (Å²) in [4.78, 5) is 4.76. The number of hydrogen-bond donors (Lipinski definition) is 2. The molecule has 2 fully saturated rings. The van der Waals surface area contributed by atoms with E-state index < -0.39 is 0 Å². The molecule has 2 unspecified atom stereocenters. The first kappa shape index (κ1) is 11.2. The fourth-order valence-electron chi connectivity index (χ4n) is 3.17. The van der Waals surface area contributed by atoms with Gasteiger partial charge >= 0.3 is 0 Å². The molecule has 2 aliphatic rings. The maximum absolute atomic E-state index is 4.76. The molecule has 1 aromatic rings. The molecule has 94 valence electrons. The molecule has 2 heterocycles. The van der Waals surface area contributed by atoms with Crippen molar-refractivity contribution in [2.45, 2.75) is 50.9 Å². The van der Waals surface area contributed by atoms with E-state index >= 15 is 0 Å². The third kappa shape index (κ3) is 2.23. The minimum atomic E-state index is 0.528. The third-order valence-corrected chi connectivity index (χ3v) is 4.36. The number of nitrogens with zero attached hydrogens (tertiary/aromatic N) is 2. The highest BCUT2D eigenvalue weighted by Crippen LogP contribution is 2.32. The number of nitrogens with one attached hydrogen (secondary N) is 2. The number of rotatable bonds is 2. The monoisotopic (exact) mass is 234 g/mol. The number of H-pyrrole nitrogens is 1. The van der Waals surface area contributed by atoms with E-state index in [9.17, 15) is 0 Å². The van der Waals surface area contributed by atoms with E-state index in [1.165, 1.54) is 32.1 Å². The van der Waals surface area contributed by atoms with Gasteiger partial charge in [-0.05, 0) is 25.3 Å². The van der Waals surface area contributed by atoms with Crippen molar-refractivity contribution in [3.05, 3.63) is 11.6 Å². The maximum atomic E-state index is 4.76. The van der Waals surface area contributed by atoms with Crippen molar-refractivity contribution >= 4 is 0 Å². The van der Waals surface area contributed by atoms with Crippen molar-refractivity contribution in [3.8, 4) is 0 Å². The predicted molar refractivity (Wildman–Crippen MR) is 67.0 cm³/mol. The molecule has 0 bridgehead atoms. The Morgan fingerprint density at radius 2 is 1.94 bits per heavy atom. The zero-order chi connectivity index (χ0) is 11.7. The molecular formula is C13H22N4. The Balaban J connectivity index is 1.73. The normalized spacial score (nSPS) is 30.9. The maximum Gasteiger partial charge on any atom is 0.153 e. The second-order valence-electron chi connectivity index (χ2n) is 5.66. The summed E-state index contributed by atoms with van der Waals surface area (Å²) in [6.45, 7) is 4.43. The van der Waals surface area contributed by atoms with E-state index in [2.05, 4.69) is 22.4 Å². The molecule has 0 spiro atoms. The molecule has 1 aliphatic carbocycles. The van der Waals surface area contributed by atoms with Gasteiger partial charge in [0.15, 0.2) is 5.82 Å². The molecule has 4 heteroatoms. The molecule has 1 saturated heterocycles. The minimum Gasteiger partial charge on any atom is -0.316 e. The molecule has 1 saturated carbocycles. The van der Waals surface area contributed by atoms with Gasteiger partial charge in [0.25, 0.3) is 0 Å². The van der Waals surface area contributed by atoms with Gasteiger partial charge in [0.05, 0.1) is 0 Å². The van der Waals surface area contributed by atoms with Gasteiger partial charge in [0.2, 0.25) is 0 Å². The van der Waals surface area contributed by atoms with Crippen molar-refractivity contribution in [2.75, 3.05) is 13.1 Å². The molecular weight excluding hydrogens is 212 g/mol. The first-order valence-electron chi connectivity index (χ1n) is 6.97. The summed E-state index contributed by atoms with van der Waals surface area (Å²) in [7, 11) is 0. The molecule has 0 radical (unpaired) electrons. The lowest BCUT2D eigenvalue weighted by Crippen LogP contribution is -2.10. The van der Waals surface area contributed by atoms with Gasteiger partial charge < -0.3 is 5.32 Å². The molecule has 4 nitrogen and oxygen atoms in total. The SMILES string of the molecule is CC1CNCC1c1nc(C2CCCCC2)n[nH]1. The van der Waals surface area contributed by atoms with E-state index in [1.54, 1.807) is 0 Å². The molecule has 0 aromatic carbocycles. The summed E-state index contributed by atoms with van der Waals surface area (Å²) in [5.74, 6) is 3.97. The second-order valence-corrected chi connectivity index (χ2v) is 5.66. The quantitative estimate of drug-likeness (QED) is 0.824. The summed E-state index contributed by atoms with van der Waals surface area (Å²) < 4.78 is 0. The van der Waals surface area contributed by atoms with Crippen LogP contribution in [0, 0.1) is 5.92 Å². The van der Waals surface area contributed by atoms with Crippen LogP contribution in [0.15, 0.2) is 0 Å². The highest BCUT2D eigenvalue weighted by Gasteiger charge is 2.28. The van der Waals surface area contributed by atoms with Crippen molar-refractivity contribution in [1.29, 1.82) is 0 Å². The van der Waals surface area contributed by atoms with Crippen molar-refractivity contribution in [1.82, 2.24) is 20.5 Å². The van der Waals surface area contributed by atoms with E-state index in [1.807, 2.05) is 0 Å². The summed E-state index contributed by atoms with van der Waals surface area (Å²) >= 11 is 0. The first-order chi connectivity index (χ1) is 8.34. The van der Waals surface area contributed by atoms with Crippen LogP contribution in [0.2, 0.25) is 0 Å². The van der Waals surface area contributed by atoms with Crippen LogP contribution in [0.3, 0.4) is 0 Å². The fourth-order valence-corrected chi connectivity index (χ4v) is 3.17. The zero-order valence-electron chi connectivity index (χ0n) is 10.6. The number of hydrogen-bond acceptors (Lipinski definition) is 3. The topological polar surface area (TPSA) is 53.6 Å². The van der Waals surface area contributed by atoms with Gasteiger partial charge in [0.1, 0.15) is 5.82 Å². The smallest absolute Gasteiger partial charge is 0.153 e. The summed E-state index contributed by atoms with van der Waals surface area (Å²) in [5.41, 5.74) is 0. The Hall–Kier alpha value is -0.900. The standard InChI is InChI=1S/C13H22N4/c1-9-7-14-8-11(9)13-15-12(16-17-13)10-5-3-2-4-6-10/h9-11,14H,2-8H2,1H3,(H,15,16,17). The van der Waals surface area contributed by atoms with E-state index in [0.29, 0.717) is 17.8 Å². The first-order valence-corrected chi connectivity index (χ1v) is 6.97. The Morgan fingerprint density at radius 1 is 1.12 bits per heavy atom. The Bertz CT molecular complexity index is 367. The van der Waals surface area contributed by atoms with Crippen LogP contribution in [-0.4, -0.2) is 28.3 Å². The summed E-state index contributed by atoms with van der Waals surface area (Å²) in [5, 5.41) is 11.1. The van der Waals surface area contributed by atoms with Crippen LogP contribution in [0.5, 0.6) is 0 Å². The Morgan fingerprint density at radius 3 is 2.65 bits per heavy atom. The van der Waals surface area contributed by atoms with Crippen molar-refractivity contribution in [2.24, 2.45) is 5.92 Å². The molecule has 2 N–H and O–H groups in total. The van der Waals surface area contributed by atoms with Crippen LogP contribution < -0.4 is 5.32 Å². The second kappa shape index (κ2) is 4.77. The lowest BCUT2D eigenvalue weighted by molar-refractivity contribution is 0.429. The highest BCUT2D eigenvalue weighted by atomic mass is 15.2. The fraction of sp³-hybridized carbons (Fsp3) is 0.846. The van der Waals surface area contributed by atoms with Crippen LogP contribution in [0.1, 0.15) is 62.5 Å². The summed E-state index contributed by atoms with van der Waals surface area (Å²) in [6.07, 6.45) is 6.62. The van der Waals surface area contributed by atoms with Gasteiger partial charge in [0, 0.05) is 18.4 Å². The van der Waals surface area contributed by atoms with Crippen LogP contribution >= 0.6 is 0 Å². The lowest BCUT2D eigenvalue weighted by Gasteiger charge is -2.18. The predicted octanol–water partition coefficient (Wildman–Crippen LogP) is 2.18. The number of aromatic nitrogens is 3. The van der Waals surface area contributed by atoms with E-state index in [-0.39, 0.29) is 0 Å². The van der Waals surface area contributed by atoms with E-state index in [4.69, 9.17) is 4.98 Å². The van der Waals surface area contributed by atoms with Crippen molar-refractivity contribution in [3.63, 3.8) is 0 Å².